The molecule has 1 amide bonds. The highest BCUT2D eigenvalue weighted by Gasteiger charge is 2.14. The Morgan fingerprint density at radius 3 is 2.96 bits per heavy atom. The second-order valence-electron chi connectivity index (χ2n) is 5.25. The zero-order valence-corrected chi connectivity index (χ0v) is 15.0. The molecule has 0 radical (unpaired) electrons. The highest BCUT2D eigenvalue weighted by Crippen LogP contribution is 2.27. The molecule has 3 heterocycles. The molecule has 0 atom stereocenters. The maximum Gasteiger partial charge on any atom is 0.413 e. The second-order valence-corrected chi connectivity index (χ2v) is 6.28. The van der Waals surface area contributed by atoms with Crippen molar-refractivity contribution in [1.29, 1.82) is 0 Å². The minimum Gasteiger partial charge on any atom is -0.397 e. The number of hydrogen-bond donors (Lipinski definition) is 2. The highest BCUT2D eigenvalue weighted by molar-refractivity contribution is 7.14. The summed E-state index contributed by atoms with van der Waals surface area (Å²) in [6, 6.07) is 2.82. The summed E-state index contributed by atoms with van der Waals surface area (Å²) in [4.78, 5) is 19.6. The van der Waals surface area contributed by atoms with Crippen LogP contribution in [0.5, 0.6) is 5.06 Å². The number of carbonyl (C=O) groups excluding carboxylic acids is 1. The van der Waals surface area contributed by atoms with Crippen LogP contribution < -0.4 is 10.1 Å². The van der Waals surface area contributed by atoms with E-state index in [9.17, 15) is 9.18 Å². The van der Waals surface area contributed by atoms with Crippen LogP contribution in [0, 0.1) is 12.7 Å². The van der Waals surface area contributed by atoms with Crippen LogP contribution in [-0.4, -0.2) is 39.5 Å². The van der Waals surface area contributed by atoms with Gasteiger partial charge in [-0.3, -0.25) is 4.98 Å². The van der Waals surface area contributed by atoms with Gasteiger partial charge in [-0.15, -0.1) is 0 Å². The van der Waals surface area contributed by atoms with E-state index in [2.05, 4.69) is 20.4 Å². The molecule has 10 heteroatoms. The Morgan fingerprint density at radius 2 is 2.22 bits per heavy atom. The van der Waals surface area contributed by atoms with E-state index in [4.69, 9.17) is 14.4 Å². The normalized spacial score (nSPS) is 11.1. The smallest absolute Gasteiger partial charge is 0.397 e. The Morgan fingerprint density at radius 1 is 1.37 bits per heavy atom. The fourth-order valence-corrected chi connectivity index (χ4v) is 2.78. The van der Waals surface area contributed by atoms with Crippen molar-refractivity contribution >= 4 is 29.6 Å². The van der Waals surface area contributed by atoms with Gasteiger partial charge in [0.1, 0.15) is 22.3 Å². The van der Waals surface area contributed by atoms with E-state index in [0.717, 1.165) is 6.20 Å². The SMILES string of the molecule is Cc1onc(-c2ccc(F)cn2)c1/C=C/c1ncc(OC(=O)NCCO)s1. The summed E-state index contributed by atoms with van der Waals surface area (Å²) in [5.41, 5.74) is 1.66. The first kappa shape index (κ1) is 18.7. The third-order valence-electron chi connectivity index (χ3n) is 3.35. The molecule has 0 aromatic carbocycles. The maximum absolute atomic E-state index is 13.1. The number of aliphatic hydroxyl groups excluding tert-OH is 1. The molecule has 3 aromatic rings. The van der Waals surface area contributed by atoms with Crippen LogP contribution in [-0.2, 0) is 0 Å². The van der Waals surface area contributed by atoms with Crippen molar-refractivity contribution in [2.24, 2.45) is 0 Å². The van der Waals surface area contributed by atoms with Crippen molar-refractivity contribution in [2.75, 3.05) is 13.2 Å². The Hall–Kier alpha value is -3.11. The number of amides is 1. The number of carbonyl (C=O) groups is 1. The first-order valence-corrected chi connectivity index (χ1v) is 8.67. The van der Waals surface area contributed by atoms with Crippen LogP contribution in [0.3, 0.4) is 0 Å². The Bertz CT molecular complexity index is 952. The highest BCUT2D eigenvalue weighted by atomic mass is 32.1. The number of aromatic nitrogens is 3. The van der Waals surface area contributed by atoms with Gasteiger partial charge in [-0.05, 0) is 31.2 Å². The molecule has 0 unspecified atom stereocenters. The molecule has 0 bridgehead atoms. The molecule has 0 aliphatic heterocycles. The third-order valence-corrected chi connectivity index (χ3v) is 4.19. The lowest BCUT2D eigenvalue weighted by atomic mass is 10.1. The Labute approximate surface area is 157 Å². The Kier molecular flexibility index (Phi) is 5.89. The van der Waals surface area contributed by atoms with Gasteiger partial charge in [-0.25, -0.2) is 14.2 Å². The predicted octanol–water partition coefficient (Wildman–Crippen LogP) is 2.89. The molecule has 27 heavy (non-hydrogen) atoms. The summed E-state index contributed by atoms with van der Waals surface area (Å²) in [6.07, 6.45) is 5.34. The molecule has 0 saturated heterocycles. The average Bonchev–Trinajstić information content (AvgIpc) is 3.25. The first-order valence-electron chi connectivity index (χ1n) is 7.85. The van der Waals surface area contributed by atoms with Crippen LogP contribution in [0.1, 0.15) is 16.3 Å². The fourth-order valence-electron chi connectivity index (χ4n) is 2.11. The number of hydrogen-bond acceptors (Lipinski definition) is 8. The molecule has 0 saturated carbocycles. The molecule has 3 rings (SSSR count). The number of thiazole rings is 1. The summed E-state index contributed by atoms with van der Waals surface area (Å²) < 4.78 is 23.3. The quantitative estimate of drug-likeness (QED) is 0.666. The van der Waals surface area contributed by atoms with Crippen LogP contribution in [0.2, 0.25) is 0 Å². The number of nitrogens with one attached hydrogen (secondary N) is 1. The third kappa shape index (κ3) is 4.74. The standard InChI is InChI=1S/C17H15FN4O4S/c1-10-12(16(22-26-10)13-4-2-11(18)8-20-13)3-5-14-21-9-15(27-14)25-17(24)19-6-7-23/h2-5,8-9,23H,6-7H2,1H3,(H,19,24)/b5-3+. The number of pyridine rings is 1. The van der Waals surface area contributed by atoms with Gasteiger partial charge >= 0.3 is 6.09 Å². The van der Waals surface area contributed by atoms with Crippen molar-refractivity contribution in [3.63, 3.8) is 0 Å². The summed E-state index contributed by atoms with van der Waals surface area (Å²) in [6.45, 7) is 1.69. The second kappa shape index (κ2) is 8.52. The summed E-state index contributed by atoms with van der Waals surface area (Å²) >= 11 is 1.17. The molecule has 3 aromatic heterocycles. The van der Waals surface area contributed by atoms with E-state index in [1.165, 1.54) is 29.7 Å². The molecule has 0 aliphatic carbocycles. The lowest BCUT2D eigenvalue weighted by Gasteiger charge is -2.01. The van der Waals surface area contributed by atoms with Crippen molar-refractivity contribution in [1.82, 2.24) is 20.4 Å². The molecule has 0 fully saturated rings. The largest absolute Gasteiger partial charge is 0.413 e. The number of halogens is 1. The number of nitrogens with zero attached hydrogens (tertiary/aromatic N) is 3. The van der Waals surface area contributed by atoms with Crippen molar-refractivity contribution in [3.8, 4) is 16.5 Å². The number of ether oxygens (including phenoxy) is 1. The molecule has 0 aliphatic rings. The van der Waals surface area contributed by atoms with Gasteiger partial charge in [0.15, 0.2) is 0 Å². The summed E-state index contributed by atoms with van der Waals surface area (Å²) in [7, 11) is 0. The fraction of sp³-hybridized carbons (Fsp3) is 0.176. The van der Waals surface area contributed by atoms with Gasteiger partial charge in [-0.2, -0.15) is 0 Å². The van der Waals surface area contributed by atoms with Crippen LogP contribution in [0.4, 0.5) is 9.18 Å². The van der Waals surface area contributed by atoms with E-state index < -0.39 is 11.9 Å². The van der Waals surface area contributed by atoms with Crippen LogP contribution in [0.25, 0.3) is 23.5 Å². The molecule has 8 nitrogen and oxygen atoms in total. The van der Waals surface area contributed by atoms with Gasteiger partial charge in [0, 0.05) is 12.1 Å². The van der Waals surface area contributed by atoms with Crippen molar-refractivity contribution in [3.05, 3.63) is 46.7 Å². The van der Waals surface area contributed by atoms with Crippen molar-refractivity contribution < 1.29 is 23.6 Å². The van der Waals surface area contributed by atoms with E-state index >= 15 is 0 Å². The first-order chi connectivity index (χ1) is 13.1. The zero-order chi connectivity index (χ0) is 19.2. The van der Waals surface area contributed by atoms with Gasteiger partial charge in [0.2, 0.25) is 5.06 Å². The van der Waals surface area contributed by atoms with Crippen LogP contribution >= 0.6 is 11.3 Å². The maximum atomic E-state index is 13.1. The molecular formula is C17H15FN4O4S. The minimum absolute atomic E-state index is 0.108. The molecule has 140 valence electrons. The van der Waals surface area contributed by atoms with Gasteiger partial charge < -0.3 is 19.7 Å². The summed E-state index contributed by atoms with van der Waals surface area (Å²) in [5.74, 6) is 0.137. The number of aliphatic hydroxyl groups is 1. The number of aryl methyl sites for hydroxylation is 1. The lowest BCUT2D eigenvalue weighted by Crippen LogP contribution is -2.29. The zero-order valence-electron chi connectivity index (χ0n) is 14.2. The predicted molar refractivity (Wildman–Crippen MR) is 96.6 cm³/mol. The van der Waals surface area contributed by atoms with E-state index in [1.807, 2.05) is 0 Å². The minimum atomic E-state index is -0.664. The monoisotopic (exact) mass is 390 g/mol. The van der Waals surface area contributed by atoms with Crippen molar-refractivity contribution in [2.45, 2.75) is 6.92 Å². The molecule has 0 spiro atoms. The van der Waals surface area contributed by atoms with E-state index in [0.29, 0.717) is 32.8 Å². The van der Waals surface area contributed by atoms with E-state index in [-0.39, 0.29) is 13.2 Å². The topological polar surface area (TPSA) is 110 Å². The summed E-state index contributed by atoms with van der Waals surface area (Å²) in [5, 5.41) is 15.9. The molecular weight excluding hydrogens is 375 g/mol. The van der Waals surface area contributed by atoms with E-state index in [1.54, 1.807) is 19.1 Å². The van der Waals surface area contributed by atoms with Crippen LogP contribution in [0.15, 0.2) is 29.0 Å². The number of rotatable bonds is 6. The lowest BCUT2D eigenvalue weighted by molar-refractivity contribution is 0.197. The van der Waals surface area contributed by atoms with Gasteiger partial charge in [0.25, 0.3) is 0 Å². The molecule has 2 N–H and O–H groups in total. The van der Waals surface area contributed by atoms with Gasteiger partial charge in [-0.1, -0.05) is 16.5 Å². The average molecular weight is 390 g/mol. The van der Waals surface area contributed by atoms with Gasteiger partial charge in [0.05, 0.1) is 24.7 Å². The Balaban J connectivity index is 1.74.